The van der Waals surface area contributed by atoms with Gasteiger partial charge >= 0.3 is 6.18 Å². The Hall–Kier alpha value is -2.18. The molecule has 1 amide bonds. The van der Waals surface area contributed by atoms with Gasteiger partial charge in [0.15, 0.2) is 5.16 Å². The number of carbonyl (C=O) groups is 1. The van der Waals surface area contributed by atoms with Gasteiger partial charge in [0.25, 0.3) is 0 Å². The number of nitrogens with zero attached hydrogens (tertiary/aromatic N) is 3. The monoisotopic (exact) mass is 474 g/mol. The SMILES string of the molecule is CC(Sc1nccc(C(F)(F)F)n1)C(=O)Nc1ccc(S(=O)(=O)N2CCCCC2)cc1. The van der Waals surface area contributed by atoms with Gasteiger partial charge in [0.2, 0.25) is 15.9 Å². The molecule has 3 rings (SSSR count). The minimum absolute atomic E-state index is 0.146. The van der Waals surface area contributed by atoms with Crippen LogP contribution in [-0.2, 0) is 21.0 Å². The van der Waals surface area contributed by atoms with Gasteiger partial charge in [0, 0.05) is 25.0 Å². The molecule has 7 nitrogen and oxygen atoms in total. The normalized spacial score (nSPS) is 16.6. The third kappa shape index (κ3) is 5.95. The van der Waals surface area contributed by atoms with Crippen LogP contribution in [0, 0.1) is 0 Å². The lowest BCUT2D eigenvalue weighted by atomic mass is 10.2. The molecular weight excluding hydrogens is 453 g/mol. The predicted molar refractivity (Wildman–Crippen MR) is 110 cm³/mol. The quantitative estimate of drug-likeness (QED) is 0.506. The van der Waals surface area contributed by atoms with E-state index in [-0.39, 0.29) is 10.1 Å². The van der Waals surface area contributed by atoms with Crippen LogP contribution < -0.4 is 5.32 Å². The summed E-state index contributed by atoms with van der Waals surface area (Å²) in [5, 5.41) is 1.68. The molecule has 0 spiro atoms. The second kappa shape index (κ2) is 9.53. The van der Waals surface area contributed by atoms with Crippen LogP contribution in [0.4, 0.5) is 18.9 Å². The molecule has 12 heteroatoms. The lowest BCUT2D eigenvalue weighted by molar-refractivity contribution is -0.141. The molecule has 31 heavy (non-hydrogen) atoms. The number of piperidine rings is 1. The molecule has 0 aliphatic carbocycles. The fourth-order valence-corrected chi connectivity index (χ4v) is 5.25. The standard InChI is InChI=1S/C19H21F3N4O3S2/c1-13(30-18-23-10-9-16(25-18)19(20,21)22)17(27)24-14-5-7-15(8-6-14)31(28,29)26-11-3-2-4-12-26/h5-10,13H,2-4,11-12H2,1H3,(H,24,27). The summed E-state index contributed by atoms with van der Waals surface area (Å²) in [5.74, 6) is -0.474. The van der Waals surface area contributed by atoms with Crippen LogP contribution in [0.2, 0.25) is 0 Å². The van der Waals surface area contributed by atoms with E-state index >= 15 is 0 Å². The number of thioether (sulfide) groups is 1. The summed E-state index contributed by atoms with van der Waals surface area (Å²) < 4.78 is 65.1. The van der Waals surface area contributed by atoms with Crippen molar-refractivity contribution < 1.29 is 26.4 Å². The Balaban J connectivity index is 1.63. The molecule has 1 aliphatic heterocycles. The summed E-state index contributed by atoms with van der Waals surface area (Å²) in [7, 11) is -3.57. The smallest absolute Gasteiger partial charge is 0.325 e. The zero-order valence-electron chi connectivity index (χ0n) is 16.6. The molecule has 1 fully saturated rings. The maximum atomic E-state index is 12.8. The van der Waals surface area contributed by atoms with E-state index in [0.29, 0.717) is 18.8 Å². The first kappa shape index (κ1) is 23.5. The van der Waals surface area contributed by atoms with E-state index in [2.05, 4.69) is 15.3 Å². The second-order valence-electron chi connectivity index (χ2n) is 6.96. The zero-order valence-corrected chi connectivity index (χ0v) is 18.2. The number of hydrogen-bond acceptors (Lipinski definition) is 6. The van der Waals surface area contributed by atoms with E-state index in [4.69, 9.17) is 0 Å². The van der Waals surface area contributed by atoms with Crippen molar-refractivity contribution in [2.75, 3.05) is 18.4 Å². The van der Waals surface area contributed by atoms with E-state index in [0.717, 1.165) is 43.3 Å². The molecule has 1 aliphatic rings. The second-order valence-corrected chi connectivity index (χ2v) is 10.2. The Morgan fingerprint density at radius 3 is 2.39 bits per heavy atom. The average molecular weight is 475 g/mol. The number of aromatic nitrogens is 2. The maximum absolute atomic E-state index is 12.8. The first-order valence-electron chi connectivity index (χ1n) is 9.55. The van der Waals surface area contributed by atoms with Crippen LogP contribution in [0.5, 0.6) is 0 Å². The third-order valence-corrected chi connectivity index (χ3v) is 7.54. The summed E-state index contributed by atoms with van der Waals surface area (Å²) in [6.07, 6.45) is -0.930. The summed E-state index contributed by atoms with van der Waals surface area (Å²) in [6.45, 7) is 2.50. The van der Waals surface area contributed by atoms with Gasteiger partial charge in [-0.2, -0.15) is 17.5 Å². The Bertz CT molecular complexity index is 1020. The first-order chi connectivity index (χ1) is 14.6. The predicted octanol–water partition coefficient (Wildman–Crippen LogP) is 3.79. The van der Waals surface area contributed by atoms with Gasteiger partial charge in [-0.15, -0.1) is 0 Å². The Kier molecular flexibility index (Phi) is 7.22. The van der Waals surface area contributed by atoms with Gasteiger partial charge in [-0.3, -0.25) is 4.79 Å². The largest absolute Gasteiger partial charge is 0.433 e. The van der Waals surface area contributed by atoms with Crippen LogP contribution in [0.15, 0.2) is 46.6 Å². The van der Waals surface area contributed by atoms with Crippen molar-refractivity contribution in [1.82, 2.24) is 14.3 Å². The number of halogens is 3. The van der Waals surface area contributed by atoms with E-state index in [1.807, 2.05) is 0 Å². The van der Waals surface area contributed by atoms with Crippen molar-refractivity contribution in [1.29, 1.82) is 0 Å². The molecule has 0 saturated carbocycles. The summed E-state index contributed by atoms with van der Waals surface area (Å²) in [5.41, 5.74) is -0.705. The van der Waals surface area contributed by atoms with Crippen LogP contribution in [0.25, 0.3) is 0 Å². The molecule has 168 valence electrons. The highest BCUT2D eigenvalue weighted by Gasteiger charge is 2.33. The number of carbonyl (C=O) groups excluding carboxylic acids is 1. The van der Waals surface area contributed by atoms with Gasteiger partial charge in [0.05, 0.1) is 10.1 Å². The highest BCUT2D eigenvalue weighted by Crippen LogP contribution is 2.29. The van der Waals surface area contributed by atoms with Crippen molar-refractivity contribution in [2.45, 2.75) is 47.7 Å². The van der Waals surface area contributed by atoms with Crippen molar-refractivity contribution in [2.24, 2.45) is 0 Å². The molecule has 1 aromatic heterocycles. The van der Waals surface area contributed by atoms with Gasteiger partial charge in [0.1, 0.15) is 5.69 Å². The number of alkyl halides is 3. The molecule has 1 unspecified atom stereocenters. The minimum atomic E-state index is -4.60. The molecule has 1 N–H and O–H groups in total. The summed E-state index contributed by atoms with van der Waals surface area (Å²) in [4.78, 5) is 19.7. The molecule has 0 radical (unpaired) electrons. The number of rotatable bonds is 6. The van der Waals surface area contributed by atoms with Crippen molar-refractivity contribution >= 4 is 33.4 Å². The molecule has 2 heterocycles. The highest BCUT2D eigenvalue weighted by molar-refractivity contribution is 8.00. The van der Waals surface area contributed by atoms with Crippen molar-refractivity contribution in [3.63, 3.8) is 0 Å². The molecule has 1 aromatic carbocycles. The van der Waals surface area contributed by atoms with Crippen molar-refractivity contribution in [3.05, 3.63) is 42.2 Å². The van der Waals surface area contributed by atoms with E-state index < -0.39 is 33.1 Å². The fraction of sp³-hybridized carbons (Fsp3) is 0.421. The number of hydrogen-bond donors (Lipinski definition) is 1. The Labute approximate surface area is 182 Å². The zero-order chi connectivity index (χ0) is 22.6. The summed E-state index contributed by atoms with van der Waals surface area (Å²) in [6, 6.07) is 6.56. The lowest BCUT2D eigenvalue weighted by Crippen LogP contribution is -2.35. The van der Waals surface area contributed by atoms with E-state index in [1.165, 1.54) is 35.5 Å². The number of anilines is 1. The lowest BCUT2D eigenvalue weighted by Gasteiger charge is -2.25. The maximum Gasteiger partial charge on any atom is 0.433 e. The van der Waals surface area contributed by atoms with E-state index in [9.17, 15) is 26.4 Å². The molecular formula is C19H21F3N4O3S2. The van der Waals surface area contributed by atoms with Gasteiger partial charge in [-0.1, -0.05) is 18.2 Å². The molecule has 2 aromatic rings. The fourth-order valence-electron chi connectivity index (χ4n) is 2.98. The highest BCUT2D eigenvalue weighted by atomic mass is 32.2. The average Bonchev–Trinajstić information content (AvgIpc) is 2.74. The number of nitrogens with one attached hydrogen (secondary N) is 1. The number of benzene rings is 1. The molecule has 0 bridgehead atoms. The minimum Gasteiger partial charge on any atom is -0.325 e. The Morgan fingerprint density at radius 1 is 1.13 bits per heavy atom. The first-order valence-corrected chi connectivity index (χ1v) is 11.9. The van der Waals surface area contributed by atoms with Crippen LogP contribution >= 0.6 is 11.8 Å². The summed E-state index contributed by atoms with van der Waals surface area (Å²) >= 11 is 0.791. The molecule has 1 saturated heterocycles. The number of sulfonamides is 1. The number of amides is 1. The molecule has 1 atom stereocenters. The van der Waals surface area contributed by atoms with Gasteiger partial charge in [-0.05, 0) is 50.1 Å². The van der Waals surface area contributed by atoms with Gasteiger partial charge < -0.3 is 5.32 Å². The Morgan fingerprint density at radius 2 is 1.77 bits per heavy atom. The van der Waals surface area contributed by atoms with Crippen LogP contribution in [-0.4, -0.2) is 46.9 Å². The van der Waals surface area contributed by atoms with Crippen LogP contribution in [0.1, 0.15) is 31.9 Å². The third-order valence-electron chi connectivity index (χ3n) is 4.65. The van der Waals surface area contributed by atoms with Crippen molar-refractivity contribution in [3.8, 4) is 0 Å². The van der Waals surface area contributed by atoms with Crippen LogP contribution in [0.3, 0.4) is 0 Å². The topological polar surface area (TPSA) is 92.3 Å². The van der Waals surface area contributed by atoms with Gasteiger partial charge in [-0.25, -0.2) is 18.4 Å². The van der Waals surface area contributed by atoms with E-state index in [1.54, 1.807) is 0 Å².